The molecule has 2 aromatic heterocycles. The SMILES string of the molecule is O=S(=O)(c1ccc(Br)s1)N(Cc1cccnc1)c1ccc(Cl)cc1. The molecule has 3 rings (SSSR count). The number of hydrogen-bond acceptors (Lipinski definition) is 4. The highest BCUT2D eigenvalue weighted by atomic mass is 79.9. The van der Waals surface area contributed by atoms with Crippen molar-refractivity contribution < 1.29 is 8.42 Å². The molecular formula is C16H12BrClN2O2S2. The van der Waals surface area contributed by atoms with E-state index in [2.05, 4.69) is 20.9 Å². The maximum Gasteiger partial charge on any atom is 0.274 e. The van der Waals surface area contributed by atoms with E-state index in [1.807, 2.05) is 6.07 Å². The fraction of sp³-hybridized carbons (Fsp3) is 0.0625. The molecule has 8 heteroatoms. The zero-order valence-corrected chi connectivity index (χ0v) is 16.2. The second-order valence-corrected chi connectivity index (χ2v) is 9.90. The zero-order chi connectivity index (χ0) is 17.2. The number of rotatable bonds is 5. The van der Waals surface area contributed by atoms with Crippen molar-refractivity contribution >= 4 is 54.6 Å². The largest absolute Gasteiger partial charge is 0.274 e. The normalized spacial score (nSPS) is 11.4. The van der Waals surface area contributed by atoms with Gasteiger partial charge in [-0.3, -0.25) is 9.29 Å². The van der Waals surface area contributed by atoms with Gasteiger partial charge in [-0.25, -0.2) is 8.42 Å². The summed E-state index contributed by atoms with van der Waals surface area (Å²) in [6.07, 6.45) is 3.31. The van der Waals surface area contributed by atoms with E-state index in [4.69, 9.17) is 11.6 Å². The van der Waals surface area contributed by atoms with Crippen LogP contribution in [0.3, 0.4) is 0 Å². The summed E-state index contributed by atoms with van der Waals surface area (Å²) in [6.45, 7) is 0.188. The van der Waals surface area contributed by atoms with Gasteiger partial charge in [0.25, 0.3) is 10.0 Å². The molecule has 0 unspecified atom stereocenters. The van der Waals surface area contributed by atoms with Crippen LogP contribution in [0.4, 0.5) is 5.69 Å². The number of benzene rings is 1. The maximum atomic E-state index is 13.1. The van der Waals surface area contributed by atoms with Crippen LogP contribution in [-0.2, 0) is 16.6 Å². The van der Waals surface area contributed by atoms with Gasteiger partial charge in [0.1, 0.15) is 4.21 Å². The molecule has 0 atom stereocenters. The van der Waals surface area contributed by atoms with Crippen molar-refractivity contribution in [2.24, 2.45) is 0 Å². The number of thiophene rings is 1. The Morgan fingerprint density at radius 2 is 1.88 bits per heavy atom. The maximum absolute atomic E-state index is 13.1. The van der Waals surface area contributed by atoms with E-state index in [0.717, 1.165) is 9.35 Å². The van der Waals surface area contributed by atoms with Gasteiger partial charge in [-0.2, -0.15) is 0 Å². The van der Waals surface area contributed by atoms with Gasteiger partial charge in [-0.15, -0.1) is 11.3 Å². The fourth-order valence-electron chi connectivity index (χ4n) is 2.12. The van der Waals surface area contributed by atoms with Crippen LogP contribution >= 0.6 is 38.9 Å². The molecule has 0 radical (unpaired) electrons. The molecule has 0 saturated heterocycles. The molecule has 0 aliphatic rings. The molecule has 0 fully saturated rings. The van der Waals surface area contributed by atoms with E-state index in [1.54, 1.807) is 54.9 Å². The number of anilines is 1. The van der Waals surface area contributed by atoms with E-state index in [0.29, 0.717) is 10.7 Å². The average molecular weight is 444 g/mol. The van der Waals surface area contributed by atoms with Crippen LogP contribution in [0.25, 0.3) is 0 Å². The topological polar surface area (TPSA) is 50.3 Å². The molecule has 0 N–H and O–H groups in total. The van der Waals surface area contributed by atoms with Crippen molar-refractivity contribution in [3.63, 3.8) is 0 Å². The van der Waals surface area contributed by atoms with Gasteiger partial charge in [0, 0.05) is 17.4 Å². The summed E-state index contributed by atoms with van der Waals surface area (Å²) >= 11 is 10.4. The van der Waals surface area contributed by atoms with Gasteiger partial charge in [-0.1, -0.05) is 17.7 Å². The van der Waals surface area contributed by atoms with Gasteiger partial charge in [0.2, 0.25) is 0 Å². The second kappa shape index (κ2) is 7.23. The predicted octanol–water partition coefficient (Wildman–Crippen LogP) is 4.95. The van der Waals surface area contributed by atoms with Crippen LogP contribution in [0.15, 0.2) is 68.9 Å². The molecule has 0 aliphatic heterocycles. The molecule has 0 bridgehead atoms. The van der Waals surface area contributed by atoms with Crippen LogP contribution < -0.4 is 4.31 Å². The second-order valence-electron chi connectivity index (χ2n) is 4.91. The lowest BCUT2D eigenvalue weighted by atomic mass is 10.2. The molecular weight excluding hydrogens is 432 g/mol. The number of nitrogens with zero attached hydrogens (tertiary/aromatic N) is 2. The third-order valence-corrected chi connectivity index (χ3v) is 7.37. The van der Waals surface area contributed by atoms with Gasteiger partial charge < -0.3 is 0 Å². The Bertz CT molecular complexity index is 928. The van der Waals surface area contributed by atoms with Crippen molar-refractivity contribution in [2.45, 2.75) is 10.8 Å². The van der Waals surface area contributed by atoms with Crippen LogP contribution in [0, 0.1) is 0 Å². The van der Waals surface area contributed by atoms with Gasteiger partial charge >= 0.3 is 0 Å². The summed E-state index contributed by atoms with van der Waals surface area (Å²) in [4.78, 5) is 4.06. The summed E-state index contributed by atoms with van der Waals surface area (Å²) in [5.74, 6) is 0. The number of hydrogen-bond donors (Lipinski definition) is 0. The third-order valence-electron chi connectivity index (χ3n) is 3.26. The number of halogens is 2. The van der Waals surface area contributed by atoms with Crippen molar-refractivity contribution in [1.82, 2.24) is 4.98 Å². The van der Waals surface area contributed by atoms with E-state index in [1.165, 1.54) is 15.6 Å². The number of sulfonamides is 1. The highest BCUT2D eigenvalue weighted by molar-refractivity contribution is 9.11. The molecule has 1 aromatic carbocycles. The third kappa shape index (κ3) is 3.80. The highest BCUT2D eigenvalue weighted by Crippen LogP contribution is 2.32. The quantitative estimate of drug-likeness (QED) is 0.560. The number of aromatic nitrogens is 1. The Morgan fingerprint density at radius 1 is 1.12 bits per heavy atom. The van der Waals surface area contributed by atoms with Gasteiger partial charge in [-0.05, 0) is 64.0 Å². The first-order chi connectivity index (χ1) is 11.5. The Hall–Kier alpha value is -1.41. The van der Waals surface area contributed by atoms with Crippen LogP contribution in [0.5, 0.6) is 0 Å². The lowest BCUT2D eigenvalue weighted by molar-refractivity contribution is 0.592. The van der Waals surface area contributed by atoms with Crippen molar-refractivity contribution in [3.8, 4) is 0 Å². The van der Waals surface area contributed by atoms with Crippen LogP contribution in [-0.4, -0.2) is 13.4 Å². The minimum atomic E-state index is -3.69. The summed E-state index contributed by atoms with van der Waals surface area (Å²) in [5, 5.41) is 0.552. The minimum Gasteiger partial charge on any atom is -0.264 e. The van der Waals surface area contributed by atoms with Crippen molar-refractivity contribution in [2.75, 3.05) is 4.31 Å². The molecule has 0 amide bonds. The van der Waals surface area contributed by atoms with E-state index >= 15 is 0 Å². The number of pyridine rings is 1. The van der Waals surface area contributed by atoms with Crippen LogP contribution in [0.1, 0.15) is 5.56 Å². The minimum absolute atomic E-state index is 0.188. The Labute approximate surface area is 157 Å². The zero-order valence-electron chi connectivity index (χ0n) is 12.3. The summed E-state index contributed by atoms with van der Waals surface area (Å²) in [5.41, 5.74) is 1.35. The molecule has 0 saturated carbocycles. The lowest BCUT2D eigenvalue weighted by Gasteiger charge is -2.23. The molecule has 0 spiro atoms. The smallest absolute Gasteiger partial charge is 0.264 e. The van der Waals surface area contributed by atoms with E-state index < -0.39 is 10.0 Å². The Morgan fingerprint density at radius 3 is 2.46 bits per heavy atom. The summed E-state index contributed by atoms with van der Waals surface area (Å²) in [7, 11) is -3.69. The lowest BCUT2D eigenvalue weighted by Crippen LogP contribution is -2.30. The molecule has 0 aliphatic carbocycles. The summed E-state index contributed by atoms with van der Waals surface area (Å²) in [6, 6.07) is 13.7. The first-order valence-corrected chi connectivity index (χ1v) is 10.3. The van der Waals surface area contributed by atoms with Crippen molar-refractivity contribution in [1.29, 1.82) is 0 Å². The fourth-order valence-corrected chi connectivity index (χ4v) is 5.83. The monoisotopic (exact) mass is 442 g/mol. The molecule has 4 nitrogen and oxygen atoms in total. The Kier molecular flexibility index (Phi) is 5.24. The predicted molar refractivity (Wildman–Crippen MR) is 101 cm³/mol. The van der Waals surface area contributed by atoms with Gasteiger partial charge in [0.15, 0.2) is 0 Å². The summed E-state index contributed by atoms with van der Waals surface area (Å²) < 4.78 is 28.6. The van der Waals surface area contributed by atoms with Gasteiger partial charge in [0.05, 0.1) is 16.0 Å². The standard InChI is InChI=1S/C16H12BrClN2O2S2/c17-15-7-8-16(23-15)24(21,22)20(11-12-2-1-9-19-10-12)14-5-3-13(18)4-6-14/h1-10H,11H2. The van der Waals surface area contributed by atoms with E-state index in [-0.39, 0.29) is 10.8 Å². The van der Waals surface area contributed by atoms with Crippen LogP contribution in [0.2, 0.25) is 5.02 Å². The van der Waals surface area contributed by atoms with E-state index in [9.17, 15) is 8.42 Å². The first-order valence-electron chi connectivity index (χ1n) is 6.89. The highest BCUT2D eigenvalue weighted by Gasteiger charge is 2.27. The Balaban J connectivity index is 2.06. The molecule has 3 aromatic rings. The molecule has 24 heavy (non-hydrogen) atoms. The van der Waals surface area contributed by atoms with Crippen molar-refractivity contribution in [3.05, 3.63) is 75.3 Å². The molecule has 2 heterocycles. The first kappa shape index (κ1) is 17.4. The molecule has 124 valence electrons. The average Bonchev–Trinajstić information content (AvgIpc) is 3.02.